The number of fused-ring (bicyclic) bond motifs is 4. The Labute approximate surface area is 187 Å². The van der Waals surface area contributed by atoms with Crippen LogP contribution in [0.4, 0.5) is 0 Å². The van der Waals surface area contributed by atoms with E-state index in [1.165, 1.54) is 4.57 Å². The average Bonchev–Trinajstić information content (AvgIpc) is 3.26. The van der Waals surface area contributed by atoms with Gasteiger partial charge in [-0.05, 0) is 63.7 Å². The summed E-state index contributed by atoms with van der Waals surface area (Å²) in [6.45, 7) is 7.12. The van der Waals surface area contributed by atoms with Crippen LogP contribution in [0.25, 0.3) is 11.2 Å². The van der Waals surface area contributed by atoms with Crippen LogP contribution in [0.3, 0.4) is 0 Å². The number of esters is 1. The first kappa shape index (κ1) is 22.6. The molecule has 3 aliphatic rings. The van der Waals surface area contributed by atoms with E-state index in [0.717, 1.165) is 57.2 Å². The standard InChI is InChI=1S/C24H34N4O4/c1-4-15-27-19-18(20(30)28(16-5-2)22(27)31)25-21(26-19)24-12-9-23(10-13-24,11-14-24)8-7-17(29)32-6-3/h7-8H,4-6,9-16H2,1-3H3,(H,25,26)/b8-7+. The van der Waals surface area contributed by atoms with Crippen LogP contribution in [0.15, 0.2) is 21.7 Å². The van der Waals surface area contributed by atoms with Crippen LogP contribution in [-0.2, 0) is 28.0 Å². The summed E-state index contributed by atoms with van der Waals surface area (Å²) in [6.07, 6.45) is 10.9. The molecule has 3 fully saturated rings. The molecule has 0 unspecified atom stereocenters. The molecule has 0 saturated heterocycles. The maximum absolute atomic E-state index is 13.1. The Kier molecular flexibility index (Phi) is 6.14. The van der Waals surface area contributed by atoms with Crippen molar-refractivity contribution in [1.82, 2.24) is 19.1 Å². The fraction of sp³-hybridized carbons (Fsp3) is 0.667. The van der Waals surface area contributed by atoms with E-state index in [2.05, 4.69) is 11.1 Å². The van der Waals surface area contributed by atoms with Gasteiger partial charge >= 0.3 is 11.7 Å². The first-order valence-electron chi connectivity index (χ1n) is 12.0. The summed E-state index contributed by atoms with van der Waals surface area (Å²) in [5.41, 5.74) is 0.334. The number of imidazole rings is 1. The maximum Gasteiger partial charge on any atom is 0.332 e. The Bertz CT molecular complexity index is 1130. The molecule has 0 amide bonds. The van der Waals surface area contributed by atoms with Gasteiger partial charge < -0.3 is 9.72 Å². The van der Waals surface area contributed by atoms with Gasteiger partial charge in [0, 0.05) is 24.6 Å². The van der Waals surface area contributed by atoms with E-state index in [1.807, 2.05) is 20.8 Å². The van der Waals surface area contributed by atoms with E-state index in [4.69, 9.17) is 9.72 Å². The molecule has 32 heavy (non-hydrogen) atoms. The molecule has 2 heterocycles. The maximum atomic E-state index is 13.1. The highest BCUT2D eigenvalue weighted by atomic mass is 16.5. The van der Waals surface area contributed by atoms with Gasteiger partial charge in [0.2, 0.25) is 0 Å². The molecule has 8 heteroatoms. The lowest BCUT2D eigenvalue weighted by Crippen LogP contribution is -2.44. The van der Waals surface area contributed by atoms with E-state index in [1.54, 1.807) is 10.6 Å². The van der Waals surface area contributed by atoms with Gasteiger partial charge in [-0.3, -0.25) is 13.9 Å². The predicted octanol–water partition coefficient (Wildman–Crippen LogP) is 3.42. The fourth-order valence-corrected chi connectivity index (χ4v) is 5.52. The third kappa shape index (κ3) is 3.73. The number of ether oxygens (including phenoxy) is 1. The van der Waals surface area contributed by atoms with E-state index in [-0.39, 0.29) is 28.0 Å². The number of hydrogen-bond donors (Lipinski definition) is 1. The van der Waals surface area contributed by atoms with Gasteiger partial charge in [0.05, 0.1) is 6.61 Å². The average molecular weight is 443 g/mol. The molecule has 3 saturated carbocycles. The van der Waals surface area contributed by atoms with Gasteiger partial charge in [0.25, 0.3) is 5.56 Å². The SMILES string of the molecule is CCCn1c(=O)c2[nH]c(C34CCC(/C=C/C(=O)OCC)(CC3)CC4)nc2n(CCC)c1=O. The minimum absolute atomic E-state index is 0.0404. The summed E-state index contributed by atoms with van der Waals surface area (Å²) < 4.78 is 8.03. The summed E-state index contributed by atoms with van der Waals surface area (Å²) in [4.78, 5) is 46.0. The third-order valence-electron chi connectivity index (χ3n) is 7.42. The van der Waals surface area contributed by atoms with Crippen LogP contribution >= 0.6 is 0 Å². The Morgan fingerprint density at radius 1 is 1.03 bits per heavy atom. The summed E-state index contributed by atoms with van der Waals surface area (Å²) >= 11 is 0. The molecule has 2 aromatic heterocycles. The monoisotopic (exact) mass is 442 g/mol. The molecule has 0 aromatic carbocycles. The van der Waals surface area contributed by atoms with Gasteiger partial charge in [0.15, 0.2) is 5.65 Å². The van der Waals surface area contributed by atoms with E-state index < -0.39 is 0 Å². The third-order valence-corrected chi connectivity index (χ3v) is 7.42. The number of aryl methyl sites for hydroxylation is 1. The molecule has 2 aromatic rings. The predicted molar refractivity (Wildman–Crippen MR) is 123 cm³/mol. The smallest absolute Gasteiger partial charge is 0.332 e. The van der Waals surface area contributed by atoms with Crippen molar-refractivity contribution in [1.29, 1.82) is 0 Å². The van der Waals surface area contributed by atoms with Crippen LogP contribution in [0.2, 0.25) is 0 Å². The number of aromatic amines is 1. The quantitative estimate of drug-likeness (QED) is 0.499. The highest BCUT2D eigenvalue weighted by molar-refractivity contribution is 5.82. The van der Waals surface area contributed by atoms with Crippen molar-refractivity contribution in [3.8, 4) is 0 Å². The number of rotatable bonds is 8. The molecule has 1 N–H and O–H groups in total. The van der Waals surface area contributed by atoms with E-state index in [0.29, 0.717) is 30.9 Å². The Morgan fingerprint density at radius 2 is 1.66 bits per heavy atom. The molecule has 174 valence electrons. The fourth-order valence-electron chi connectivity index (χ4n) is 5.52. The number of hydrogen-bond acceptors (Lipinski definition) is 5. The number of allylic oxidation sites excluding steroid dienone is 1. The molecular weight excluding hydrogens is 408 g/mol. The zero-order valence-electron chi connectivity index (χ0n) is 19.4. The van der Waals surface area contributed by atoms with Gasteiger partial charge in [-0.2, -0.15) is 0 Å². The summed E-state index contributed by atoms with van der Waals surface area (Å²) in [6, 6.07) is 0. The molecule has 0 spiro atoms. The Hall–Kier alpha value is -2.64. The minimum Gasteiger partial charge on any atom is -0.463 e. The molecule has 5 rings (SSSR count). The van der Waals surface area contributed by atoms with Crippen molar-refractivity contribution in [2.75, 3.05) is 6.61 Å². The van der Waals surface area contributed by atoms with E-state index in [9.17, 15) is 14.4 Å². The topological polar surface area (TPSA) is 99.0 Å². The van der Waals surface area contributed by atoms with Crippen molar-refractivity contribution in [3.63, 3.8) is 0 Å². The molecular formula is C24H34N4O4. The number of carbonyl (C=O) groups excluding carboxylic acids is 1. The number of nitrogens with one attached hydrogen (secondary N) is 1. The van der Waals surface area contributed by atoms with Gasteiger partial charge in [0.1, 0.15) is 11.3 Å². The van der Waals surface area contributed by atoms with Gasteiger partial charge in [-0.25, -0.2) is 14.6 Å². The number of H-pyrrole nitrogens is 1. The van der Waals surface area contributed by atoms with Crippen LogP contribution < -0.4 is 11.2 Å². The lowest BCUT2D eigenvalue weighted by molar-refractivity contribution is -0.137. The molecule has 8 nitrogen and oxygen atoms in total. The zero-order valence-corrected chi connectivity index (χ0v) is 19.4. The second-order valence-electron chi connectivity index (χ2n) is 9.40. The zero-order chi connectivity index (χ0) is 22.9. The largest absolute Gasteiger partial charge is 0.463 e. The van der Waals surface area contributed by atoms with E-state index >= 15 is 0 Å². The van der Waals surface area contributed by atoms with Gasteiger partial charge in [-0.1, -0.05) is 19.9 Å². The summed E-state index contributed by atoms with van der Waals surface area (Å²) in [5.74, 6) is 0.560. The first-order chi connectivity index (χ1) is 15.4. The van der Waals surface area contributed by atoms with Crippen LogP contribution in [0.1, 0.15) is 78.0 Å². The normalized spacial score (nSPS) is 25.1. The van der Waals surface area contributed by atoms with Crippen molar-refractivity contribution in [2.24, 2.45) is 5.41 Å². The Balaban J connectivity index is 1.68. The second-order valence-corrected chi connectivity index (χ2v) is 9.40. The first-order valence-corrected chi connectivity index (χ1v) is 12.0. The van der Waals surface area contributed by atoms with Crippen molar-refractivity contribution in [3.05, 3.63) is 38.8 Å². The van der Waals surface area contributed by atoms with Crippen molar-refractivity contribution < 1.29 is 9.53 Å². The molecule has 0 atom stereocenters. The van der Waals surface area contributed by atoms with Crippen LogP contribution in [-0.4, -0.2) is 31.7 Å². The molecule has 0 radical (unpaired) electrons. The van der Waals surface area contributed by atoms with Crippen molar-refractivity contribution >= 4 is 17.1 Å². The lowest BCUT2D eigenvalue weighted by atomic mass is 9.53. The number of aromatic nitrogens is 4. The van der Waals surface area contributed by atoms with Crippen LogP contribution in [0, 0.1) is 5.41 Å². The van der Waals surface area contributed by atoms with Gasteiger partial charge in [-0.15, -0.1) is 0 Å². The molecule has 0 aliphatic heterocycles. The highest BCUT2D eigenvalue weighted by Gasteiger charge is 2.50. The summed E-state index contributed by atoms with van der Waals surface area (Å²) in [5, 5.41) is 0. The lowest BCUT2D eigenvalue weighted by Gasteiger charge is -2.51. The highest BCUT2D eigenvalue weighted by Crippen LogP contribution is 2.57. The molecule has 3 aliphatic carbocycles. The van der Waals surface area contributed by atoms with Crippen molar-refractivity contribution in [2.45, 2.75) is 90.6 Å². The summed E-state index contributed by atoms with van der Waals surface area (Å²) in [7, 11) is 0. The molecule has 2 bridgehead atoms. The second kappa shape index (κ2) is 8.71. The number of nitrogens with zero attached hydrogens (tertiary/aromatic N) is 3. The van der Waals surface area contributed by atoms with Crippen LogP contribution in [0.5, 0.6) is 0 Å². The Morgan fingerprint density at radius 3 is 2.25 bits per heavy atom. The number of carbonyl (C=O) groups is 1. The minimum atomic E-state index is -0.279.